The molecule has 3 atom stereocenters. The minimum Gasteiger partial charge on any atom is -0.300 e. The molecule has 0 radical (unpaired) electrons. The van der Waals surface area contributed by atoms with Crippen molar-refractivity contribution in [2.45, 2.75) is 65.8 Å². The lowest BCUT2D eigenvalue weighted by Crippen LogP contribution is -2.45. The van der Waals surface area contributed by atoms with Crippen LogP contribution in [0.1, 0.15) is 59.8 Å². The smallest absolute Gasteiger partial charge is 0.142 e. The molecule has 0 spiro atoms. The molecule has 1 saturated carbocycles. The van der Waals surface area contributed by atoms with Crippen LogP contribution >= 0.6 is 0 Å². The second-order valence-corrected chi connectivity index (χ2v) is 7.14. The van der Waals surface area contributed by atoms with Crippen molar-refractivity contribution in [3.05, 3.63) is 0 Å². The molecule has 2 rings (SSSR count). The zero-order valence-electron chi connectivity index (χ0n) is 12.5. The van der Waals surface area contributed by atoms with Crippen molar-refractivity contribution in [2.75, 3.05) is 13.1 Å². The zero-order chi connectivity index (χ0) is 13.3. The van der Waals surface area contributed by atoms with Crippen LogP contribution in [0, 0.1) is 17.3 Å². The van der Waals surface area contributed by atoms with Crippen molar-refractivity contribution in [3.63, 3.8) is 0 Å². The van der Waals surface area contributed by atoms with E-state index in [4.69, 9.17) is 0 Å². The van der Waals surface area contributed by atoms with Gasteiger partial charge in [-0.05, 0) is 38.5 Å². The summed E-state index contributed by atoms with van der Waals surface area (Å²) in [5, 5.41) is 0. The van der Waals surface area contributed by atoms with Crippen LogP contribution < -0.4 is 0 Å². The van der Waals surface area contributed by atoms with Gasteiger partial charge in [0.25, 0.3) is 0 Å². The molecule has 0 aromatic carbocycles. The molecule has 3 unspecified atom stereocenters. The van der Waals surface area contributed by atoms with Gasteiger partial charge in [0.1, 0.15) is 5.78 Å². The Kier molecular flexibility index (Phi) is 4.15. The molecule has 1 aliphatic heterocycles. The third kappa shape index (κ3) is 2.79. The molecule has 2 nitrogen and oxygen atoms in total. The van der Waals surface area contributed by atoms with E-state index < -0.39 is 0 Å². The summed E-state index contributed by atoms with van der Waals surface area (Å²) in [6.07, 6.45) is 6.15. The minimum atomic E-state index is -0.0617. The Morgan fingerprint density at radius 2 is 2.00 bits per heavy atom. The molecule has 1 saturated heterocycles. The number of hydrogen-bond donors (Lipinski definition) is 0. The SMILES string of the molecule is CCC1CCC(C)N(CC2CCC(C)(C)C2=O)C1. The summed E-state index contributed by atoms with van der Waals surface area (Å²) in [7, 11) is 0. The van der Waals surface area contributed by atoms with Gasteiger partial charge in [-0.1, -0.05) is 27.2 Å². The number of piperidine rings is 1. The van der Waals surface area contributed by atoms with Crippen molar-refractivity contribution >= 4 is 5.78 Å². The highest BCUT2D eigenvalue weighted by molar-refractivity contribution is 5.88. The van der Waals surface area contributed by atoms with E-state index in [0.717, 1.165) is 25.3 Å². The summed E-state index contributed by atoms with van der Waals surface area (Å²) in [6, 6.07) is 0.671. The molecule has 18 heavy (non-hydrogen) atoms. The molecule has 1 heterocycles. The van der Waals surface area contributed by atoms with Crippen molar-refractivity contribution in [2.24, 2.45) is 17.3 Å². The number of likely N-dealkylation sites (tertiary alicyclic amines) is 1. The molecule has 0 amide bonds. The highest BCUT2D eigenvalue weighted by atomic mass is 16.1. The van der Waals surface area contributed by atoms with Gasteiger partial charge in [0.2, 0.25) is 0 Å². The molecular weight excluding hydrogens is 222 g/mol. The molecule has 0 N–H and O–H groups in total. The first kappa shape index (κ1) is 14.0. The molecule has 0 aromatic rings. The van der Waals surface area contributed by atoms with Crippen molar-refractivity contribution in [3.8, 4) is 0 Å². The van der Waals surface area contributed by atoms with Gasteiger partial charge in [0.05, 0.1) is 0 Å². The molecule has 0 bridgehead atoms. The van der Waals surface area contributed by atoms with Crippen LogP contribution in [-0.2, 0) is 4.79 Å². The van der Waals surface area contributed by atoms with Crippen molar-refractivity contribution in [1.29, 1.82) is 0 Å². The van der Waals surface area contributed by atoms with Gasteiger partial charge in [0.15, 0.2) is 0 Å². The van der Waals surface area contributed by atoms with Gasteiger partial charge in [-0.25, -0.2) is 0 Å². The summed E-state index contributed by atoms with van der Waals surface area (Å²) < 4.78 is 0. The number of Topliss-reactive ketones (excluding diaryl/α,β-unsaturated/α-hetero) is 1. The highest BCUT2D eigenvalue weighted by Gasteiger charge is 2.41. The second kappa shape index (κ2) is 5.32. The van der Waals surface area contributed by atoms with E-state index in [1.807, 2.05) is 0 Å². The Morgan fingerprint density at radius 1 is 1.28 bits per heavy atom. The molecule has 2 fully saturated rings. The Bertz CT molecular complexity index is 310. The Balaban J connectivity index is 1.94. The lowest BCUT2D eigenvalue weighted by atomic mass is 9.87. The third-order valence-electron chi connectivity index (χ3n) is 5.30. The topological polar surface area (TPSA) is 20.3 Å². The maximum atomic E-state index is 12.3. The molecule has 0 aromatic heterocycles. The van der Waals surface area contributed by atoms with E-state index in [1.165, 1.54) is 25.8 Å². The number of carbonyl (C=O) groups excluding carboxylic acids is 1. The van der Waals surface area contributed by atoms with Gasteiger partial charge in [-0.15, -0.1) is 0 Å². The lowest BCUT2D eigenvalue weighted by Gasteiger charge is -2.39. The first-order chi connectivity index (χ1) is 8.44. The van der Waals surface area contributed by atoms with Gasteiger partial charge < -0.3 is 0 Å². The fraction of sp³-hybridized carbons (Fsp3) is 0.938. The van der Waals surface area contributed by atoms with E-state index in [9.17, 15) is 4.79 Å². The van der Waals surface area contributed by atoms with Crippen LogP contribution in [0.5, 0.6) is 0 Å². The number of rotatable bonds is 3. The summed E-state index contributed by atoms with van der Waals surface area (Å²) >= 11 is 0. The van der Waals surface area contributed by atoms with E-state index in [-0.39, 0.29) is 5.41 Å². The van der Waals surface area contributed by atoms with Gasteiger partial charge in [-0.3, -0.25) is 9.69 Å². The molecular formula is C16H29NO. The monoisotopic (exact) mass is 251 g/mol. The van der Waals surface area contributed by atoms with E-state index in [1.54, 1.807) is 0 Å². The number of ketones is 1. The average Bonchev–Trinajstić information content (AvgIpc) is 2.59. The van der Waals surface area contributed by atoms with Crippen molar-refractivity contribution in [1.82, 2.24) is 4.90 Å². The Hall–Kier alpha value is -0.370. The molecule has 2 heteroatoms. The van der Waals surface area contributed by atoms with Crippen LogP contribution in [0.15, 0.2) is 0 Å². The highest BCUT2D eigenvalue weighted by Crippen LogP contribution is 2.38. The summed E-state index contributed by atoms with van der Waals surface area (Å²) in [5.41, 5.74) is -0.0617. The molecule has 2 aliphatic rings. The van der Waals surface area contributed by atoms with Crippen molar-refractivity contribution < 1.29 is 4.79 Å². The summed E-state index contributed by atoms with van der Waals surface area (Å²) in [4.78, 5) is 14.9. The van der Waals surface area contributed by atoms with E-state index in [0.29, 0.717) is 17.7 Å². The van der Waals surface area contributed by atoms with Crippen LogP contribution in [0.2, 0.25) is 0 Å². The number of hydrogen-bond acceptors (Lipinski definition) is 2. The first-order valence-corrected chi connectivity index (χ1v) is 7.72. The maximum Gasteiger partial charge on any atom is 0.142 e. The van der Waals surface area contributed by atoms with Gasteiger partial charge in [0, 0.05) is 30.5 Å². The zero-order valence-corrected chi connectivity index (χ0v) is 12.5. The largest absolute Gasteiger partial charge is 0.300 e. The fourth-order valence-corrected chi connectivity index (χ4v) is 3.65. The minimum absolute atomic E-state index is 0.0617. The number of nitrogens with zero attached hydrogens (tertiary/aromatic N) is 1. The van der Waals surface area contributed by atoms with Crippen LogP contribution in [0.25, 0.3) is 0 Å². The lowest BCUT2D eigenvalue weighted by molar-refractivity contribution is -0.128. The predicted molar refractivity (Wildman–Crippen MR) is 75.6 cm³/mol. The quantitative estimate of drug-likeness (QED) is 0.765. The van der Waals surface area contributed by atoms with Gasteiger partial charge >= 0.3 is 0 Å². The van der Waals surface area contributed by atoms with E-state index in [2.05, 4.69) is 32.6 Å². The Morgan fingerprint density at radius 3 is 2.56 bits per heavy atom. The van der Waals surface area contributed by atoms with E-state index >= 15 is 0 Å². The predicted octanol–water partition coefficient (Wildman–Crippen LogP) is 3.50. The fourth-order valence-electron chi connectivity index (χ4n) is 3.65. The molecule has 1 aliphatic carbocycles. The normalized spacial score (nSPS) is 37.1. The van der Waals surface area contributed by atoms with Crippen LogP contribution in [0.3, 0.4) is 0 Å². The average molecular weight is 251 g/mol. The number of carbonyl (C=O) groups is 1. The van der Waals surface area contributed by atoms with Crippen LogP contribution in [-0.4, -0.2) is 29.8 Å². The molecule has 104 valence electrons. The summed E-state index contributed by atoms with van der Waals surface area (Å²) in [6.45, 7) is 11.1. The summed E-state index contributed by atoms with van der Waals surface area (Å²) in [5.74, 6) is 1.66. The van der Waals surface area contributed by atoms with Crippen LogP contribution in [0.4, 0.5) is 0 Å². The third-order valence-corrected chi connectivity index (χ3v) is 5.30. The Labute approximate surface area is 112 Å². The standard InChI is InChI=1S/C16H29NO/c1-5-13-7-6-12(2)17(10-13)11-14-8-9-16(3,4)15(14)18/h12-14H,5-11H2,1-4H3. The maximum absolute atomic E-state index is 12.3. The van der Waals surface area contributed by atoms with Gasteiger partial charge in [-0.2, -0.15) is 0 Å². The second-order valence-electron chi connectivity index (χ2n) is 7.14. The first-order valence-electron chi connectivity index (χ1n) is 7.72.